The minimum atomic E-state index is -0.319. The first-order chi connectivity index (χ1) is 18.7. The first-order valence-corrected chi connectivity index (χ1v) is 13.8. The van der Waals surface area contributed by atoms with E-state index in [1.165, 1.54) is 0 Å². The second kappa shape index (κ2) is 12.3. The van der Waals surface area contributed by atoms with Crippen LogP contribution in [0.25, 0.3) is 0 Å². The van der Waals surface area contributed by atoms with Gasteiger partial charge in [0.25, 0.3) is 11.8 Å². The average molecular weight is 586 g/mol. The molecule has 0 bridgehead atoms. The molecule has 0 unspecified atom stereocenters. The molecule has 200 valence electrons. The van der Waals surface area contributed by atoms with Crippen molar-refractivity contribution in [1.29, 1.82) is 0 Å². The Kier molecular flexibility index (Phi) is 8.87. The average Bonchev–Trinajstić information content (AvgIpc) is 2.92. The fourth-order valence-electron chi connectivity index (χ4n) is 4.65. The summed E-state index contributed by atoms with van der Waals surface area (Å²) in [5, 5.41) is 13.6. The summed E-state index contributed by atoms with van der Waals surface area (Å²) >= 11 is 3.44. The molecule has 0 atom stereocenters. The van der Waals surface area contributed by atoms with Crippen LogP contribution < -0.4 is 10.2 Å². The van der Waals surface area contributed by atoms with Gasteiger partial charge in [-0.15, -0.1) is 0 Å². The number of para-hydroxylation sites is 3. The Morgan fingerprint density at radius 1 is 0.769 bits per heavy atom. The van der Waals surface area contributed by atoms with Crippen molar-refractivity contribution in [2.75, 3.05) is 10.2 Å². The second-order valence-electron chi connectivity index (χ2n) is 10.1. The van der Waals surface area contributed by atoms with Gasteiger partial charge in [0.05, 0.1) is 29.0 Å². The molecule has 2 amide bonds. The third kappa shape index (κ3) is 6.23. The largest absolute Gasteiger partial charge is 0.508 e. The van der Waals surface area contributed by atoms with E-state index < -0.39 is 0 Å². The zero-order valence-corrected chi connectivity index (χ0v) is 24.2. The van der Waals surface area contributed by atoms with E-state index in [9.17, 15) is 14.7 Å². The van der Waals surface area contributed by atoms with Crippen molar-refractivity contribution in [3.05, 3.63) is 123 Å². The highest BCUT2D eigenvalue weighted by Gasteiger charge is 2.28. The third-order valence-electron chi connectivity index (χ3n) is 6.70. The number of nitrogens with zero attached hydrogens (tertiary/aromatic N) is 1. The number of aromatic hydroxyl groups is 1. The molecule has 0 aliphatic rings. The fourth-order valence-corrected chi connectivity index (χ4v) is 5.11. The van der Waals surface area contributed by atoms with Crippen LogP contribution in [-0.4, -0.2) is 16.9 Å². The molecule has 0 aliphatic carbocycles. The molecule has 0 aliphatic heterocycles. The van der Waals surface area contributed by atoms with Crippen molar-refractivity contribution < 1.29 is 14.7 Å². The van der Waals surface area contributed by atoms with E-state index in [0.717, 1.165) is 16.8 Å². The smallest absolute Gasteiger partial charge is 0.260 e. The first kappa shape index (κ1) is 28.1. The molecule has 0 radical (unpaired) electrons. The molecule has 0 fully saturated rings. The first-order valence-electron chi connectivity index (χ1n) is 13.1. The van der Waals surface area contributed by atoms with Crippen molar-refractivity contribution in [3.63, 3.8) is 0 Å². The lowest BCUT2D eigenvalue weighted by atomic mass is 9.91. The normalized spacial score (nSPS) is 11.1. The van der Waals surface area contributed by atoms with Gasteiger partial charge >= 0.3 is 0 Å². The van der Waals surface area contributed by atoms with E-state index in [-0.39, 0.29) is 35.9 Å². The van der Waals surface area contributed by atoms with Crippen molar-refractivity contribution in [1.82, 2.24) is 0 Å². The van der Waals surface area contributed by atoms with Crippen LogP contribution in [0.3, 0.4) is 0 Å². The third-order valence-corrected chi connectivity index (χ3v) is 7.39. The van der Waals surface area contributed by atoms with Gasteiger partial charge in [-0.2, -0.15) is 0 Å². The maximum Gasteiger partial charge on any atom is 0.260 e. The topological polar surface area (TPSA) is 69.6 Å². The standard InChI is InChI=1S/C33H33BrN2O3/c1-21(2)24-15-11-16-25(22(3)4)31(24)36(20-23-12-5-10-19-30(23)37)33(39)27-14-7-9-18-29(27)35-32(38)26-13-6-8-17-28(26)34/h5-19,21-22,37H,20H2,1-4H3,(H,35,38). The van der Waals surface area contributed by atoms with Gasteiger partial charge in [0.1, 0.15) is 5.75 Å². The van der Waals surface area contributed by atoms with Gasteiger partial charge in [-0.3, -0.25) is 9.59 Å². The van der Waals surface area contributed by atoms with E-state index in [0.29, 0.717) is 26.9 Å². The van der Waals surface area contributed by atoms with Gasteiger partial charge in [-0.1, -0.05) is 88.4 Å². The van der Waals surface area contributed by atoms with Crippen LogP contribution in [0, 0.1) is 0 Å². The second-order valence-corrected chi connectivity index (χ2v) is 10.9. The molecular weight excluding hydrogens is 552 g/mol. The summed E-state index contributed by atoms with van der Waals surface area (Å²) in [5.41, 5.74) is 4.80. The highest BCUT2D eigenvalue weighted by Crippen LogP contribution is 2.38. The lowest BCUT2D eigenvalue weighted by Crippen LogP contribution is -2.33. The number of halogens is 1. The summed E-state index contributed by atoms with van der Waals surface area (Å²) in [5.74, 6) is -0.150. The Labute approximate surface area is 238 Å². The zero-order chi connectivity index (χ0) is 28.1. The molecular formula is C33H33BrN2O3. The van der Waals surface area contributed by atoms with Crippen molar-refractivity contribution in [2.24, 2.45) is 0 Å². The van der Waals surface area contributed by atoms with Crippen LogP contribution >= 0.6 is 15.9 Å². The number of amides is 2. The molecule has 0 heterocycles. The monoisotopic (exact) mass is 584 g/mol. The maximum atomic E-state index is 14.5. The fraction of sp³-hybridized carbons (Fsp3) is 0.212. The van der Waals surface area contributed by atoms with Gasteiger partial charge in [0.2, 0.25) is 0 Å². The Morgan fingerprint density at radius 3 is 1.95 bits per heavy atom. The van der Waals surface area contributed by atoms with Crippen LogP contribution in [-0.2, 0) is 6.54 Å². The number of rotatable bonds is 8. The molecule has 5 nitrogen and oxygen atoms in total. The summed E-state index contributed by atoms with van der Waals surface area (Å²) < 4.78 is 0.667. The Hall–Kier alpha value is -3.90. The van der Waals surface area contributed by atoms with Gasteiger partial charge in [0.15, 0.2) is 0 Å². The van der Waals surface area contributed by atoms with Crippen molar-refractivity contribution in [3.8, 4) is 5.75 Å². The van der Waals surface area contributed by atoms with Gasteiger partial charge in [-0.25, -0.2) is 0 Å². The predicted molar refractivity (Wildman–Crippen MR) is 162 cm³/mol. The number of carbonyl (C=O) groups excluding carboxylic acids is 2. The number of nitrogens with one attached hydrogen (secondary N) is 1. The summed E-state index contributed by atoms with van der Waals surface area (Å²) in [6.07, 6.45) is 0. The lowest BCUT2D eigenvalue weighted by molar-refractivity contribution is 0.0985. The van der Waals surface area contributed by atoms with E-state index in [1.807, 2.05) is 24.3 Å². The quantitative estimate of drug-likeness (QED) is 0.218. The van der Waals surface area contributed by atoms with Crippen molar-refractivity contribution >= 4 is 39.1 Å². The van der Waals surface area contributed by atoms with Gasteiger partial charge in [0, 0.05) is 10.0 Å². The summed E-state index contributed by atoms with van der Waals surface area (Å²) in [4.78, 5) is 29.4. The molecule has 0 saturated carbocycles. The van der Waals surface area contributed by atoms with E-state index >= 15 is 0 Å². The van der Waals surface area contributed by atoms with Gasteiger partial charge < -0.3 is 15.3 Å². The minimum absolute atomic E-state index is 0.124. The lowest BCUT2D eigenvalue weighted by Gasteiger charge is -2.31. The molecule has 4 aromatic rings. The van der Waals surface area contributed by atoms with Crippen LogP contribution in [0.15, 0.2) is 95.5 Å². The summed E-state index contributed by atoms with van der Waals surface area (Å²) in [6.45, 7) is 8.60. The molecule has 39 heavy (non-hydrogen) atoms. The highest BCUT2D eigenvalue weighted by atomic mass is 79.9. The molecule has 0 saturated heterocycles. The molecule has 4 rings (SSSR count). The predicted octanol–water partition coefficient (Wildman–Crippen LogP) is 8.50. The number of phenols is 1. The Bertz CT molecular complexity index is 1470. The molecule has 6 heteroatoms. The van der Waals surface area contributed by atoms with Crippen LogP contribution in [0.1, 0.15) is 76.9 Å². The maximum absolute atomic E-state index is 14.5. The molecule has 2 N–H and O–H groups in total. The highest BCUT2D eigenvalue weighted by molar-refractivity contribution is 9.10. The zero-order valence-electron chi connectivity index (χ0n) is 22.6. The minimum Gasteiger partial charge on any atom is -0.508 e. The van der Waals surface area contributed by atoms with E-state index in [2.05, 4.69) is 61.1 Å². The Morgan fingerprint density at radius 2 is 1.33 bits per heavy atom. The number of hydrogen-bond acceptors (Lipinski definition) is 3. The van der Waals surface area contributed by atoms with Gasteiger partial charge in [-0.05, 0) is 69.2 Å². The number of hydrogen-bond donors (Lipinski definition) is 2. The van der Waals surface area contributed by atoms with E-state index in [1.54, 1.807) is 59.5 Å². The summed E-state index contributed by atoms with van der Waals surface area (Å²) in [7, 11) is 0. The van der Waals surface area contributed by atoms with Crippen LogP contribution in [0.2, 0.25) is 0 Å². The molecule has 4 aromatic carbocycles. The Balaban J connectivity index is 1.85. The van der Waals surface area contributed by atoms with Crippen LogP contribution in [0.4, 0.5) is 11.4 Å². The van der Waals surface area contributed by atoms with Crippen LogP contribution in [0.5, 0.6) is 5.75 Å². The molecule has 0 spiro atoms. The number of phenolic OH excluding ortho intramolecular Hbond substituents is 1. The summed E-state index contributed by atoms with van der Waals surface area (Å²) in [6, 6.07) is 27.4. The van der Waals surface area contributed by atoms with Crippen molar-refractivity contribution in [2.45, 2.75) is 46.1 Å². The number of anilines is 2. The SMILES string of the molecule is CC(C)c1cccc(C(C)C)c1N(Cc1ccccc1O)C(=O)c1ccccc1NC(=O)c1ccccc1Br. The number of benzene rings is 4. The molecule has 0 aromatic heterocycles. The van der Waals surface area contributed by atoms with E-state index in [4.69, 9.17) is 0 Å². The number of carbonyl (C=O) groups is 2.